The molecule has 0 aliphatic carbocycles. The molecule has 1 aromatic heterocycles. The van der Waals surface area contributed by atoms with Gasteiger partial charge in [-0.2, -0.15) is 0 Å². The van der Waals surface area contributed by atoms with Crippen molar-refractivity contribution in [2.75, 3.05) is 0 Å². The predicted octanol–water partition coefficient (Wildman–Crippen LogP) is 1.16. The Morgan fingerprint density at radius 2 is 2.45 bits per heavy atom. The SMILES string of the molecule is Cc1nccc(C(Cl)=NO)n1. The van der Waals surface area contributed by atoms with Gasteiger partial charge in [-0.15, -0.1) is 0 Å². The number of aryl methyl sites for hydroxylation is 1. The highest BCUT2D eigenvalue weighted by Gasteiger charge is 2.00. The minimum Gasteiger partial charge on any atom is -0.410 e. The first kappa shape index (κ1) is 7.94. The van der Waals surface area contributed by atoms with E-state index in [1.54, 1.807) is 19.2 Å². The van der Waals surface area contributed by atoms with Gasteiger partial charge in [-0.3, -0.25) is 0 Å². The Bertz CT molecular complexity index is 287. The highest BCUT2D eigenvalue weighted by atomic mass is 35.5. The fraction of sp³-hybridized carbons (Fsp3) is 0.167. The van der Waals surface area contributed by atoms with E-state index in [1.165, 1.54) is 0 Å². The van der Waals surface area contributed by atoms with Crippen molar-refractivity contribution >= 4 is 16.8 Å². The molecule has 0 aliphatic heterocycles. The van der Waals surface area contributed by atoms with E-state index in [-0.39, 0.29) is 5.17 Å². The molecule has 0 bridgehead atoms. The molecular formula is C6H6ClN3O. The van der Waals surface area contributed by atoms with E-state index < -0.39 is 0 Å². The zero-order chi connectivity index (χ0) is 8.27. The number of rotatable bonds is 1. The minimum absolute atomic E-state index is 0.0319. The van der Waals surface area contributed by atoms with Crippen LogP contribution < -0.4 is 0 Å². The second-order valence-electron chi connectivity index (χ2n) is 1.88. The molecule has 0 aliphatic rings. The van der Waals surface area contributed by atoms with E-state index in [0.717, 1.165) is 0 Å². The molecule has 1 N–H and O–H groups in total. The van der Waals surface area contributed by atoms with Crippen LogP contribution in [0.5, 0.6) is 0 Å². The van der Waals surface area contributed by atoms with Crippen LogP contribution in [0.1, 0.15) is 11.5 Å². The molecule has 0 saturated carbocycles. The lowest BCUT2D eigenvalue weighted by atomic mass is 10.4. The topological polar surface area (TPSA) is 58.4 Å². The summed E-state index contributed by atoms with van der Waals surface area (Å²) in [6, 6.07) is 1.56. The van der Waals surface area contributed by atoms with E-state index in [4.69, 9.17) is 16.8 Å². The van der Waals surface area contributed by atoms with Crippen molar-refractivity contribution in [2.24, 2.45) is 5.16 Å². The summed E-state index contributed by atoms with van der Waals surface area (Å²) in [6.45, 7) is 1.73. The molecule has 0 unspecified atom stereocenters. The Labute approximate surface area is 68.5 Å². The van der Waals surface area contributed by atoms with E-state index in [9.17, 15) is 0 Å². The number of hydrogen-bond acceptors (Lipinski definition) is 4. The maximum atomic E-state index is 8.27. The Balaban J connectivity index is 3.06. The lowest BCUT2D eigenvalue weighted by Gasteiger charge is -1.94. The Morgan fingerprint density at radius 1 is 1.73 bits per heavy atom. The van der Waals surface area contributed by atoms with Crippen LogP contribution in [-0.4, -0.2) is 20.3 Å². The molecule has 1 rings (SSSR count). The Morgan fingerprint density at radius 3 is 3.00 bits per heavy atom. The number of halogens is 1. The summed E-state index contributed by atoms with van der Waals surface area (Å²) in [7, 11) is 0. The third-order valence-corrected chi connectivity index (χ3v) is 1.34. The van der Waals surface area contributed by atoms with Gasteiger partial charge in [0.25, 0.3) is 0 Å². The van der Waals surface area contributed by atoms with E-state index >= 15 is 0 Å². The zero-order valence-electron chi connectivity index (χ0n) is 5.82. The third kappa shape index (κ3) is 1.88. The standard InChI is InChI=1S/C6H6ClN3O/c1-4-8-3-2-5(9-4)6(7)10-11/h2-3,11H,1H3. The minimum atomic E-state index is -0.0319. The highest BCUT2D eigenvalue weighted by molar-refractivity contribution is 6.69. The largest absolute Gasteiger partial charge is 0.410 e. The van der Waals surface area contributed by atoms with Crippen molar-refractivity contribution in [3.8, 4) is 0 Å². The fourth-order valence-electron chi connectivity index (χ4n) is 0.622. The lowest BCUT2D eigenvalue weighted by Crippen LogP contribution is -1.98. The summed E-state index contributed by atoms with van der Waals surface area (Å²) in [5.74, 6) is 0.587. The molecule has 0 aromatic carbocycles. The van der Waals surface area contributed by atoms with E-state index in [0.29, 0.717) is 11.5 Å². The molecule has 58 valence electrons. The van der Waals surface area contributed by atoms with Gasteiger partial charge in [0, 0.05) is 6.20 Å². The third-order valence-electron chi connectivity index (χ3n) is 1.08. The number of nitrogens with zero attached hydrogens (tertiary/aromatic N) is 3. The molecule has 0 amide bonds. The maximum absolute atomic E-state index is 8.27. The number of oxime groups is 1. The average molecular weight is 172 g/mol. The zero-order valence-corrected chi connectivity index (χ0v) is 6.58. The molecule has 11 heavy (non-hydrogen) atoms. The average Bonchev–Trinajstić information content (AvgIpc) is 2.03. The van der Waals surface area contributed by atoms with Gasteiger partial charge in [-0.25, -0.2) is 9.97 Å². The molecule has 0 saturated heterocycles. The van der Waals surface area contributed by atoms with Crippen molar-refractivity contribution in [1.29, 1.82) is 0 Å². The molecule has 4 nitrogen and oxygen atoms in total. The van der Waals surface area contributed by atoms with Gasteiger partial charge in [-0.1, -0.05) is 16.8 Å². The lowest BCUT2D eigenvalue weighted by molar-refractivity contribution is 0.320. The summed E-state index contributed by atoms with van der Waals surface area (Å²) in [4.78, 5) is 7.76. The first-order chi connectivity index (χ1) is 5.24. The van der Waals surface area contributed by atoms with E-state index in [1.807, 2.05) is 0 Å². The van der Waals surface area contributed by atoms with Crippen molar-refractivity contribution in [3.05, 3.63) is 23.8 Å². The summed E-state index contributed by atoms with van der Waals surface area (Å²) < 4.78 is 0. The molecule has 0 spiro atoms. The van der Waals surface area contributed by atoms with Crippen LogP contribution >= 0.6 is 11.6 Å². The monoisotopic (exact) mass is 171 g/mol. The van der Waals surface area contributed by atoms with Gasteiger partial charge in [0.15, 0.2) is 5.17 Å². The quantitative estimate of drug-likeness (QED) is 0.392. The second kappa shape index (κ2) is 3.30. The van der Waals surface area contributed by atoms with Crippen molar-refractivity contribution < 1.29 is 5.21 Å². The van der Waals surface area contributed by atoms with Crippen LogP contribution in [-0.2, 0) is 0 Å². The second-order valence-corrected chi connectivity index (χ2v) is 2.24. The van der Waals surface area contributed by atoms with Crippen molar-refractivity contribution in [3.63, 3.8) is 0 Å². The molecule has 1 aromatic rings. The molecule has 0 fully saturated rings. The molecule has 0 atom stereocenters. The van der Waals surface area contributed by atoms with Gasteiger partial charge in [0.05, 0.1) is 0 Å². The van der Waals surface area contributed by atoms with Gasteiger partial charge in [0.1, 0.15) is 11.5 Å². The summed E-state index contributed by atoms with van der Waals surface area (Å²) >= 11 is 5.47. The van der Waals surface area contributed by atoms with Crippen LogP contribution in [0.4, 0.5) is 0 Å². The first-order valence-electron chi connectivity index (χ1n) is 2.91. The number of hydrogen-bond donors (Lipinski definition) is 1. The van der Waals surface area contributed by atoms with Crippen LogP contribution in [0.3, 0.4) is 0 Å². The predicted molar refractivity (Wildman–Crippen MR) is 40.9 cm³/mol. The number of aromatic nitrogens is 2. The van der Waals surface area contributed by atoms with Crippen molar-refractivity contribution in [1.82, 2.24) is 9.97 Å². The smallest absolute Gasteiger partial charge is 0.193 e. The van der Waals surface area contributed by atoms with Crippen LogP contribution in [0.15, 0.2) is 17.4 Å². The summed E-state index contributed by atoms with van der Waals surface area (Å²) in [6.07, 6.45) is 1.55. The molecule has 1 heterocycles. The molecule has 5 heteroatoms. The van der Waals surface area contributed by atoms with Gasteiger partial charge < -0.3 is 5.21 Å². The van der Waals surface area contributed by atoms with Gasteiger partial charge in [-0.05, 0) is 13.0 Å². The van der Waals surface area contributed by atoms with Crippen LogP contribution in [0.2, 0.25) is 0 Å². The molecular weight excluding hydrogens is 166 g/mol. The Hall–Kier alpha value is -1.16. The fourth-order valence-corrected chi connectivity index (χ4v) is 0.728. The van der Waals surface area contributed by atoms with E-state index in [2.05, 4.69) is 15.1 Å². The molecule has 0 radical (unpaired) electrons. The van der Waals surface area contributed by atoms with Gasteiger partial charge >= 0.3 is 0 Å². The maximum Gasteiger partial charge on any atom is 0.193 e. The van der Waals surface area contributed by atoms with Crippen LogP contribution in [0, 0.1) is 6.92 Å². The first-order valence-corrected chi connectivity index (χ1v) is 3.29. The summed E-state index contributed by atoms with van der Waals surface area (Å²) in [5.41, 5.74) is 0.418. The van der Waals surface area contributed by atoms with Gasteiger partial charge in [0.2, 0.25) is 0 Å². The van der Waals surface area contributed by atoms with Crippen molar-refractivity contribution in [2.45, 2.75) is 6.92 Å². The Kier molecular flexibility index (Phi) is 2.38. The normalized spacial score (nSPS) is 11.6. The highest BCUT2D eigenvalue weighted by Crippen LogP contribution is 2.00. The van der Waals surface area contributed by atoms with Crippen LogP contribution in [0.25, 0.3) is 0 Å². The summed E-state index contributed by atoms with van der Waals surface area (Å²) in [5, 5.41) is 11.0.